The van der Waals surface area contributed by atoms with E-state index >= 15 is 0 Å². The summed E-state index contributed by atoms with van der Waals surface area (Å²) in [7, 11) is -2.50. The molecule has 33 heavy (non-hydrogen) atoms. The molecule has 172 valence electrons. The molecule has 3 aromatic rings. The van der Waals surface area contributed by atoms with E-state index in [0.29, 0.717) is 28.0 Å². The molecule has 10 heteroatoms. The minimum Gasteiger partial charge on any atom is -0.348 e. The van der Waals surface area contributed by atoms with Gasteiger partial charge in [-0.1, -0.05) is 23.7 Å². The van der Waals surface area contributed by atoms with Crippen LogP contribution in [0.4, 0.5) is 23.1 Å². The van der Waals surface area contributed by atoms with Gasteiger partial charge in [-0.15, -0.1) is 0 Å². The first-order valence-corrected chi connectivity index (χ1v) is 13.6. The van der Waals surface area contributed by atoms with Crippen molar-refractivity contribution in [3.8, 4) is 0 Å². The lowest BCUT2D eigenvalue weighted by molar-refractivity contribution is 0.0940. The Morgan fingerprint density at radius 2 is 1.88 bits per heavy atom. The molecule has 2 aromatic carbocycles. The van der Waals surface area contributed by atoms with E-state index in [9.17, 15) is 9.36 Å². The van der Waals surface area contributed by atoms with E-state index in [1.54, 1.807) is 37.6 Å². The Morgan fingerprint density at radius 1 is 1.12 bits per heavy atom. The van der Waals surface area contributed by atoms with Crippen molar-refractivity contribution in [1.29, 1.82) is 0 Å². The topological polar surface area (TPSA) is 108 Å². The van der Waals surface area contributed by atoms with Gasteiger partial charge in [-0.25, -0.2) is 4.98 Å². The summed E-state index contributed by atoms with van der Waals surface area (Å²) in [5.74, 6) is 0.647. The van der Waals surface area contributed by atoms with Crippen LogP contribution in [0.2, 0.25) is 5.02 Å². The van der Waals surface area contributed by atoms with E-state index in [0.717, 1.165) is 30.5 Å². The maximum absolute atomic E-state index is 12.6. The highest BCUT2D eigenvalue weighted by Gasteiger charge is 2.18. The standard InChI is InChI=1S/C23H26ClN6O2P/c1-33(2,32)20-6-4-3-5-19(20)29-21-18(24)14-26-23(30-21)28-16-9-7-15(8-10-16)22(31)27-17-11-12-25-13-17/h3-10,14,17,25H,11-13H2,1-2H3,(H,27,31)(H2,26,28,29,30)/t17-/m0/s1. The van der Waals surface area contributed by atoms with Crippen molar-refractivity contribution < 1.29 is 9.36 Å². The van der Waals surface area contributed by atoms with E-state index in [1.165, 1.54) is 6.20 Å². The lowest BCUT2D eigenvalue weighted by Gasteiger charge is -2.16. The predicted molar refractivity (Wildman–Crippen MR) is 134 cm³/mol. The Labute approximate surface area is 197 Å². The summed E-state index contributed by atoms with van der Waals surface area (Å²) in [5, 5.41) is 13.6. The average Bonchev–Trinajstić information content (AvgIpc) is 3.29. The molecule has 4 N–H and O–H groups in total. The molecule has 1 atom stereocenters. The molecule has 1 aliphatic rings. The Hall–Kier alpha value is -2.93. The third kappa shape index (κ3) is 5.90. The van der Waals surface area contributed by atoms with Gasteiger partial charge in [0.2, 0.25) is 5.95 Å². The van der Waals surface area contributed by atoms with E-state index in [1.807, 2.05) is 24.3 Å². The Bertz CT molecular complexity index is 1190. The molecule has 0 aliphatic carbocycles. The zero-order chi connectivity index (χ0) is 23.4. The molecule has 2 heterocycles. The maximum atomic E-state index is 12.6. The molecule has 4 rings (SSSR count). The normalized spacial score (nSPS) is 15.8. The quantitative estimate of drug-likeness (QED) is 0.376. The highest BCUT2D eigenvalue weighted by atomic mass is 35.5. The van der Waals surface area contributed by atoms with Gasteiger partial charge in [0, 0.05) is 29.1 Å². The summed E-state index contributed by atoms with van der Waals surface area (Å²) in [6.07, 6.45) is 2.44. The third-order valence-corrected chi connectivity index (χ3v) is 7.11. The SMILES string of the molecule is CP(C)(=O)c1ccccc1Nc1nc(Nc2ccc(C(=O)N[C@H]3CCNC3)cc2)ncc1Cl. The van der Waals surface area contributed by atoms with Crippen LogP contribution >= 0.6 is 18.7 Å². The molecule has 0 radical (unpaired) electrons. The molecule has 1 aliphatic heterocycles. The lowest BCUT2D eigenvalue weighted by atomic mass is 10.1. The monoisotopic (exact) mass is 484 g/mol. The Kier molecular flexibility index (Phi) is 6.98. The van der Waals surface area contributed by atoms with Crippen LogP contribution in [0.25, 0.3) is 0 Å². The summed E-state index contributed by atoms with van der Waals surface area (Å²) in [6, 6.07) is 14.7. The number of benzene rings is 2. The van der Waals surface area contributed by atoms with Gasteiger partial charge in [0.25, 0.3) is 5.91 Å². The van der Waals surface area contributed by atoms with Crippen molar-refractivity contribution in [3.63, 3.8) is 0 Å². The van der Waals surface area contributed by atoms with Gasteiger partial charge in [0.1, 0.15) is 12.2 Å². The number of aromatic nitrogens is 2. The number of carbonyl (C=O) groups excluding carboxylic acids is 1. The zero-order valence-electron chi connectivity index (χ0n) is 18.4. The minimum atomic E-state index is -2.50. The first-order chi connectivity index (χ1) is 15.8. The molecule has 1 aromatic heterocycles. The lowest BCUT2D eigenvalue weighted by Crippen LogP contribution is -2.36. The molecule has 0 spiro atoms. The summed E-state index contributed by atoms with van der Waals surface area (Å²) in [5.41, 5.74) is 2.01. The van der Waals surface area contributed by atoms with Crippen LogP contribution < -0.4 is 26.6 Å². The van der Waals surface area contributed by atoms with Gasteiger partial charge in [0.15, 0.2) is 5.82 Å². The molecule has 0 bridgehead atoms. The van der Waals surface area contributed by atoms with Crippen LogP contribution in [-0.2, 0) is 4.57 Å². The second-order valence-electron chi connectivity index (χ2n) is 8.25. The average molecular weight is 485 g/mol. The maximum Gasteiger partial charge on any atom is 0.251 e. The number of amides is 1. The van der Waals surface area contributed by atoms with Crippen molar-refractivity contribution in [2.24, 2.45) is 0 Å². The molecule has 1 fully saturated rings. The number of anilines is 4. The minimum absolute atomic E-state index is 0.0905. The Morgan fingerprint density at radius 3 is 2.58 bits per heavy atom. The van der Waals surface area contributed by atoms with Gasteiger partial charge in [-0.05, 0) is 62.7 Å². The van der Waals surface area contributed by atoms with Crippen molar-refractivity contribution >= 4 is 53.1 Å². The molecular formula is C23H26ClN6O2P. The van der Waals surface area contributed by atoms with E-state index < -0.39 is 7.14 Å². The second kappa shape index (κ2) is 9.91. The summed E-state index contributed by atoms with van der Waals surface area (Å²) < 4.78 is 12.6. The fourth-order valence-electron chi connectivity index (χ4n) is 3.57. The third-order valence-electron chi connectivity index (χ3n) is 5.28. The van der Waals surface area contributed by atoms with Gasteiger partial charge < -0.3 is 25.8 Å². The summed E-state index contributed by atoms with van der Waals surface area (Å²) in [4.78, 5) is 21.1. The predicted octanol–water partition coefficient (Wildman–Crippen LogP) is 3.96. The first-order valence-electron chi connectivity index (χ1n) is 10.6. The number of hydrogen-bond acceptors (Lipinski definition) is 7. The highest BCUT2D eigenvalue weighted by molar-refractivity contribution is 7.70. The van der Waals surface area contributed by atoms with Crippen LogP contribution in [0.3, 0.4) is 0 Å². The van der Waals surface area contributed by atoms with Gasteiger partial charge in [-0.2, -0.15) is 4.98 Å². The van der Waals surface area contributed by atoms with E-state index in [2.05, 4.69) is 31.2 Å². The fraction of sp³-hybridized carbons (Fsp3) is 0.261. The van der Waals surface area contributed by atoms with Crippen molar-refractivity contribution in [2.45, 2.75) is 12.5 Å². The molecular weight excluding hydrogens is 459 g/mol. The number of carbonyl (C=O) groups is 1. The number of hydrogen-bond donors (Lipinski definition) is 4. The molecule has 0 saturated carbocycles. The van der Waals surface area contributed by atoms with Crippen LogP contribution in [0, 0.1) is 0 Å². The molecule has 8 nitrogen and oxygen atoms in total. The van der Waals surface area contributed by atoms with Crippen LogP contribution in [0.15, 0.2) is 54.7 Å². The van der Waals surface area contributed by atoms with Crippen LogP contribution in [0.5, 0.6) is 0 Å². The number of halogens is 1. The largest absolute Gasteiger partial charge is 0.348 e. The zero-order valence-corrected chi connectivity index (χ0v) is 20.1. The van der Waals surface area contributed by atoms with Crippen molar-refractivity contribution in [3.05, 3.63) is 65.3 Å². The summed E-state index contributed by atoms with van der Waals surface area (Å²) in [6.45, 7) is 5.16. The number of para-hydroxylation sites is 1. The number of nitrogens with zero attached hydrogens (tertiary/aromatic N) is 2. The van der Waals surface area contributed by atoms with Gasteiger partial charge in [-0.3, -0.25) is 4.79 Å². The first kappa shape index (κ1) is 23.2. The van der Waals surface area contributed by atoms with Crippen LogP contribution in [-0.4, -0.2) is 48.3 Å². The van der Waals surface area contributed by atoms with Gasteiger partial charge in [0.05, 0.1) is 11.9 Å². The van der Waals surface area contributed by atoms with Gasteiger partial charge >= 0.3 is 0 Å². The smallest absolute Gasteiger partial charge is 0.251 e. The molecule has 0 unspecified atom stereocenters. The fourth-order valence-corrected chi connectivity index (χ4v) is 4.87. The van der Waals surface area contributed by atoms with E-state index in [-0.39, 0.29) is 11.9 Å². The second-order valence-corrected chi connectivity index (χ2v) is 11.8. The van der Waals surface area contributed by atoms with Crippen molar-refractivity contribution in [2.75, 3.05) is 37.1 Å². The van der Waals surface area contributed by atoms with Crippen molar-refractivity contribution in [1.82, 2.24) is 20.6 Å². The van der Waals surface area contributed by atoms with E-state index in [4.69, 9.17) is 11.6 Å². The highest BCUT2D eigenvalue weighted by Crippen LogP contribution is 2.38. The summed E-state index contributed by atoms with van der Waals surface area (Å²) >= 11 is 6.31. The Balaban J connectivity index is 1.47. The number of nitrogens with one attached hydrogen (secondary N) is 4. The molecule has 1 saturated heterocycles. The molecule has 1 amide bonds. The van der Waals surface area contributed by atoms with Crippen LogP contribution in [0.1, 0.15) is 16.8 Å². The number of rotatable bonds is 7.